The molecule has 0 aliphatic carbocycles. The first-order chi connectivity index (χ1) is 33.0. The maximum absolute atomic E-state index is 15.4. The number of aromatic amines is 1. The minimum absolute atomic E-state index is 0.131. The van der Waals surface area contributed by atoms with Crippen molar-refractivity contribution in [1.29, 1.82) is 0 Å². The first-order valence-electron chi connectivity index (χ1n) is 23.2. The number of benzene rings is 3. The van der Waals surface area contributed by atoms with E-state index in [1.54, 1.807) is 21.9 Å². The Morgan fingerprint density at radius 1 is 0.870 bits per heavy atom. The molecular weight excluding hydrogens is 924 g/mol. The molecule has 3 amide bonds. The predicted molar refractivity (Wildman–Crippen MR) is 246 cm³/mol. The van der Waals surface area contributed by atoms with Gasteiger partial charge in [0.1, 0.15) is 23.7 Å². The van der Waals surface area contributed by atoms with E-state index >= 15 is 4.39 Å². The van der Waals surface area contributed by atoms with Gasteiger partial charge in [-0.05, 0) is 117 Å². The monoisotopic (exact) mass is 972 g/mol. The van der Waals surface area contributed by atoms with E-state index in [1.807, 2.05) is 36.4 Å². The molecule has 7 heterocycles. The summed E-state index contributed by atoms with van der Waals surface area (Å²) >= 11 is 0. The van der Waals surface area contributed by atoms with Crippen LogP contribution in [0.2, 0.25) is 0 Å². The third kappa shape index (κ3) is 9.21. The first kappa shape index (κ1) is 46.5. The van der Waals surface area contributed by atoms with Gasteiger partial charge in [-0.3, -0.25) is 29.2 Å². The van der Waals surface area contributed by atoms with Gasteiger partial charge >= 0.3 is 16.4 Å². The van der Waals surface area contributed by atoms with Gasteiger partial charge in [-0.15, -0.1) is 0 Å². The summed E-state index contributed by atoms with van der Waals surface area (Å²) in [6.07, 6.45) is 0.349. The molecule has 5 aliphatic rings. The Morgan fingerprint density at radius 2 is 1.62 bits per heavy atom. The van der Waals surface area contributed by atoms with Crippen molar-refractivity contribution in [2.24, 2.45) is 5.92 Å². The highest BCUT2D eigenvalue weighted by Gasteiger charge is 2.43. The fourth-order valence-corrected chi connectivity index (χ4v) is 12.0. The maximum Gasteiger partial charge on any atom is 0.419 e. The van der Waals surface area contributed by atoms with Crippen LogP contribution >= 0.6 is 0 Å². The van der Waals surface area contributed by atoms with E-state index in [1.165, 1.54) is 5.56 Å². The molecule has 5 aromatic rings. The van der Waals surface area contributed by atoms with Crippen molar-refractivity contribution in [1.82, 2.24) is 29.4 Å². The second-order valence-corrected chi connectivity index (χ2v) is 20.4. The number of hydrogen-bond donors (Lipinski definition) is 3. The van der Waals surface area contributed by atoms with Gasteiger partial charge < -0.3 is 19.7 Å². The zero-order valence-electron chi connectivity index (χ0n) is 37.3. The van der Waals surface area contributed by atoms with Crippen LogP contribution in [0.15, 0.2) is 73.1 Å². The highest BCUT2D eigenvalue weighted by Crippen LogP contribution is 2.42. The molecule has 1 unspecified atom stereocenters. The van der Waals surface area contributed by atoms with Crippen LogP contribution < -0.4 is 14.9 Å². The summed E-state index contributed by atoms with van der Waals surface area (Å²) in [6.45, 7) is 4.29. The van der Waals surface area contributed by atoms with Crippen molar-refractivity contribution in [3.8, 4) is 11.1 Å². The zero-order valence-corrected chi connectivity index (χ0v) is 38.1. The van der Waals surface area contributed by atoms with Gasteiger partial charge in [0.25, 0.3) is 5.91 Å². The topological polar surface area (TPSA) is 168 Å². The van der Waals surface area contributed by atoms with E-state index in [0.29, 0.717) is 52.4 Å². The van der Waals surface area contributed by atoms with Crippen molar-refractivity contribution in [2.75, 3.05) is 55.4 Å². The maximum atomic E-state index is 15.4. The summed E-state index contributed by atoms with van der Waals surface area (Å²) in [5, 5.41) is 2.50. The van der Waals surface area contributed by atoms with E-state index in [-0.39, 0.29) is 47.8 Å². The molecule has 3 aromatic carbocycles. The van der Waals surface area contributed by atoms with Crippen molar-refractivity contribution in [3.63, 3.8) is 0 Å². The lowest BCUT2D eigenvalue weighted by atomic mass is 9.87. The minimum Gasteiger partial charge on any atom is -0.372 e. The Labute approximate surface area is 394 Å². The molecule has 69 heavy (non-hydrogen) atoms. The number of carbonyl (C=O) groups excluding carboxylic acids is 4. The van der Waals surface area contributed by atoms with Gasteiger partial charge in [0.05, 0.1) is 16.8 Å². The fourth-order valence-electron chi connectivity index (χ4n) is 10.7. The van der Waals surface area contributed by atoms with Gasteiger partial charge in [0.15, 0.2) is 5.78 Å². The average molecular weight is 973 g/mol. The molecule has 0 spiro atoms. The number of hydrogen-bond acceptors (Lipinski definition) is 9. The van der Waals surface area contributed by atoms with Crippen LogP contribution in [-0.4, -0.2) is 114 Å². The van der Waals surface area contributed by atoms with E-state index < -0.39 is 69.5 Å². The normalized spacial score (nSPS) is 21.3. The second-order valence-electron chi connectivity index (χ2n) is 18.7. The lowest BCUT2D eigenvalue weighted by Gasteiger charge is -2.38. The molecular formula is C49H49F5N8O6S. The number of anilines is 2. The summed E-state index contributed by atoms with van der Waals surface area (Å²) in [4.78, 5) is 64.9. The molecule has 3 N–H and O–H groups in total. The van der Waals surface area contributed by atoms with Gasteiger partial charge in [-0.2, -0.15) is 25.9 Å². The first-order valence-corrected chi connectivity index (χ1v) is 24.6. The quantitative estimate of drug-likeness (QED) is 0.0706. The third-order valence-electron chi connectivity index (χ3n) is 14.4. The van der Waals surface area contributed by atoms with Gasteiger partial charge in [0.2, 0.25) is 11.8 Å². The number of nitrogens with one attached hydrogen (secondary N) is 3. The van der Waals surface area contributed by atoms with Gasteiger partial charge in [-0.1, -0.05) is 24.3 Å². The molecule has 4 fully saturated rings. The SMILES string of the molecule is O=C1CCC(N2Cc3cc(C4CCN(CC5CCN(c6ccc(-c7cnc8[nH]cc(C(=O)c9c(F)ccc(NS(=O)(=O)N%10CC[C@@H](F)C%10)c9C(F)(F)F)c8c7)cc6)CC5)CC4)ccc3C2=O)C(=O)N1. The largest absolute Gasteiger partial charge is 0.419 e. The predicted octanol–water partition coefficient (Wildman–Crippen LogP) is 7.18. The van der Waals surface area contributed by atoms with Crippen LogP contribution in [0.3, 0.4) is 0 Å². The van der Waals surface area contributed by atoms with Crippen LogP contribution in [0.25, 0.3) is 22.2 Å². The fraction of sp³-hybridized carbons (Fsp3) is 0.408. The summed E-state index contributed by atoms with van der Waals surface area (Å²) in [7, 11) is -4.67. The van der Waals surface area contributed by atoms with E-state index in [2.05, 4.69) is 31.2 Å². The number of pyridine rings is 1. The van der Waals surface area contributed by atoms with E-state index in [9.17, 15) is 45.2 Å². The summed E-state index contributed by atoms with van der Waals surface area (Å²) in [5.74, 6) is -2.79. The Kier molecular flexibility index (Phi) is 12.3. The number of aromatic nitrogens is 2. The molecule has 0 bridgehead atoms. The van der Waals surface area contributed by atoms with Crippen LogP contribution in [0, 0.1) is 11.7 Å². The van der Waals surface area contributed by atoms with Crippen LogP contribution in [0.4, 0.5) is 33.3 Å². The number of rotatable bonds is 11. The van der Waals surface area contributed by atoms with Crippen LogP contribution in [0.1, 0.15) is 93.8 Å². The molecule has 2 atom stereocenters. The van der Waals surface area contributed by atoms with Crippen molar-refractivity contribution < 1.29 is 49.5 Å². The smallest absolute Gasteiger partial charge is 0.372 e. The number of imide groups is 1. The molecule has 0 radical (unpaired) electrons. The Bertz CT molecular complexity index is 2970. The molecule has 362 valence electrons. The summed E-state index contributed by atoms with van der Waals surface area (Å²) < 4.78 is 102. The number of H-pyrrole nitrogens is 1. The number of piperidine rings is 3. The van der Waals surface area contributed by atoms with Gasteiger partial charge in [0, 0.05) is 85.8 Å². The molecule has 4 saturated heterocycles. The lowest BCUT2D eigenvalue weighted by molar-refractivity contribution is -0.138. The zero-order chi connectivity index (χ0) is 48.4. The Hall–Kier alpha value is -6.25. The molecule has 5 aliphatic heterocycles. The number of likely N-dealkylation sites (tertiary alicyclic amines) is 1. The average Bonchev–Trinajstić information content (AvgIpc) is 4.06. The highest BCUT2D eigenvalue weighted by atomic mass is 32.2. The number of halogens is 5. The number of alkyl halides is 4. The van der Waals surface area contributed by atoms with E-state index in [4.69, 9.17) is 0 Å². The van der Waals surface area contributed by atoms with Crippen LogP contribution in [0.5, 0.6) is 0 Å². The van der Waals surface area contributed by atoms with Crippen molar-refractivity contribution in [3.05, 3.63) is 112 Å². The Morgan fingerprint density at radius 3 is 2.32 bits per heavy atom. The molecule has 0 saturated carbocycles. The summed E-state index contributed by atoms with van der Waals surface area (Å²) in [5.41, 5.74) is 0.726. The Balaban J connectivity index is 0.751. The van der Waals surface area contributed by atoms with Crippen LogP contribution in [-0.2, 0) is 32.5 Å². The number of amides is 3. The number of carbonyl (C=O) groups is 4. The third-order valence-corrected chi connectivity index (χ3v) is 15.9. The second kappa shape index (κ2) is 18.2. The molecule has 14 nitrogen and oxygen atoms in total. The van der Waals surface area contributed by atoms with Crippen molar-refractivity contribution >= 4 is 56.1 Å². The number of nitrogens with zero attached hydrogens (tertiary/aromatic N) is 5. The molecule has 10 rings (SSSR count). The number of fused-ring (bicyclic) bond motifs is 2. The summed E-state index contributed by atoms with van der Waals surface area (Å²) in [6, 6.07) is 16.0. The van der Waals surface area contributed by atoms with Gasteiger partial charge in [-0.25, -0.2) is 13.8 Å². The molecule has 20 heteroatoms. The lowest BCUT2D eigenvalue weighted by Crippen LogP contribution is -2.52. The highest BCUT2D eigenvalue weighted by molar-refractivity contribution is 7.90. The van der Waals surface area contributed by atoms with E-state index in [0.717, 1.165) is 81.4 Å². The van der Waals surface area contributed by atoms with Crippen molar-refractivity contribution in [2.45, 2.75) is 75.8 Å². The standard InChI is InChI=1S/C49H49F5N8O6S/c50-34-15-20-61(27-34)69(67,68)58-40-8-7-39(51)43(44(40)49(52,53)54)45(64)38-24-56-46-37(38)22-32(23-55-46)29-1-4-35(5-2-29)60-18-11-28(12-19-60)25-59-16-13-30(14-17-59)31-3-6-36-33(21-31)26-62(48(36)66)41-9-10-42(63)57-47(41)65/h1-8,21-24,28,30,34,41,58H,9-20,25-27H2,(H,55,56)(H,57,63,65)/t34-,41?/m1/s1. The minimum atomic E-state index is -5.37. The number of ketones is 1. The molecule has 2 aromatic heterocycles.